The predicted octanol–water partition coefficient (Wildman–Crippen LogP) is 3.06. The number of aromatic nitrogens is 4. The van der Waals surface area contributed by atoms with Crippen molar-refractivity contribution < 1.29 is 13.2 Å². The minimum atomic E-state index is -4.48. The Morgan fingerprint density at radius 2 is 2.03 bits per heavy atom. The Morgan fingerprint density at radius 1 is 1.31 bits per heavy atom. The van der Waals surface area contributed by atoms with Gasteiger partial charge >= 0.3 is 6.18 Å². The van der Waals surface area contributed by atoms with Gasteiger partial charge in [0.05, 0.1) is 5.69 Å². The first-order valence-corrected chi connectivity index (χ1v) is 9.31. The highest BCUT2D eigenvalue weighted by Crippen LogP contribution is 2.30. The fourth-order valence-corrected chi connectivity index (χ4v) is 3.37. The lowest BCUT2D eigenvalue weighted by Crippen LogP contribution is -2.45. The van der Waals surface area contributed by atoms with Gasteiger partial charge < -0.3 is 10.6 Å². The summed E-state index contributed by atoms with van der Waals surface area (Å²) in [6.45, 7) is 4.17. The third-order valence-corrected chi connectivity index (χ3v) is 4.81. The average molecular weight is 525 g/mol. The van der Waals surface area contributed by atoms with Gasteiger partial charge in [-0.2, -0.15) is 23.4 Å². The van der Waals surface area contributed by atoms with E-state index in [2.05, 4.69) is 45.9 Å². The quantitative estimate of drug-likeness (QED) is 0.366. The smallest absolute Gasteiger partial charge is 0.353 e. The predicted molar refractivity (Wildman–Crippen MR) is 115 cm³/mol. The second-order valence-corrected chi connectivity index (χ2v) is 7.36. The summed E-state index contributed by atoms with van der Waals surface area (Å²) in [5, 5.41) is 14.4. The van der Waals surface area contributed by atoms with Crippen LogP contribution in [0, 0.1) is 0 Å². The highest BCUT2D eigenvalue weighted by atomic mass is 127. The van der Waals surface area contributed by atoms with Crippen molar-refractivity contribution in [1.82, 2.24) is 30.2 Å². The van der Waals surface area contributed by atoms with Crippen LogP contribution in [-0.4, -0.2) is 38.6 Å². The molecule has 0 saturated heterocycles. The molecule has 0 bridgehead atoms. The summed E-state index contributed by atoms with van der Waals surface area (Å²) >= 11 is 0. The third kappa shape index (κ3) is 5.64. The van der Waals surface area contributed by atoms with Gasteiger partial charge in [0.15, 0.2) is 11.7 Å². The zero-order valence-corrected chi connectivity index (χ0v) is 19.2. The van der Waals surface area contributed by atoms with Gasteiger partial charge in [-0.3, -0.25) is 14.4 Å². The fraction of sp³-hybridized carbons (Fsp3) is 0.611. The number of alkyl halides is 3. The Balaban J connectivity index is 0.00000300. The van der Waals surface area contributed by atoms with Crippen molar-refractivity contribution in [1.29, 1.82) is 0 Å². The van der Waals surface area contributed by atoms with Gasteiger partial charge in [-0.1, -0.05) is 0 Å². The molecule has 0 aliphatic heterocycles. The van der Waals surface area contributed by atoms with E-state index in [1.54, 1.807) is 7.05 Å². The highest BCUT2D eigenvalue weighted by Gasteiger charge is 2.36. The number of fused-ring (bicyclic) bond motifs is 1. The minimum absolute atomic E-state index is 0. The van der Waals surface area contributed by atoms with Crippen LogP contribution >= 0.6 is 24.0 Å². The number of halogens is 4. The Bertz CT molecular complexity index is 854. The van der Waals surface area contributed by atoms with Crippen molar-refractivity contribution in [2.24, 2.45) is 12.0 Å². The van der Waals surface area contributed by atoms with Crippen LogP contribution in [0.2, 0.25) is 0 Å². The lowest BCUT2D eigenvalue weighted by molar-refractivity contribution is -0.142. The molecule has 0 saturated carbocycles. The summed E-state index contributed by atoms with van der Waals surface area (Å²) in [5.74, 6) is 0.466. The average Bonchev–Trinajstić information content (AvgIpc) is 3.21. The summed E-state index contributed by atoms with van der Waals surface area (Å²) in [7, 11) is 3.08. The number of rotatable bonds is 4. The molecule has 1 aliphatic rings. The lowest BCUT2D eigenvalue weighted by Gasteiger charge is -2.24. The number of nitrogens with one attached hydrogen (secondary N) is 2. The number of hydrogen-bond donors (Lipinski definition) is 2. The van der Waals surface area contributed by atoms with Crippen molar-refractivity contribution >= 4 is 29.9 Å². The molecule has 2 N–H and O–H groups in total. The van der Waals surface area contributed by atoms with Crippen LogP contribution in [0.25, 0.3) is 0 Å². The van der Waals surface area contributed by atoms with E-state index in [0.717, 1.165) is 25.0 Å². The molecule has 2 heterocycles. The molecule has 162 valence electrons. The van der Waals surface area contributed by atoms with E-state index < -0.39 is 11.9 Å². The van der Waals surface area contributed by atoms with Crippen LogP contribution < -0.4 is 10.6 Å². The lowest BCUT2D eigenvalue weighted by atomic mass is 9.94. The van der Waals surface area contributed by atoms with E-state index in [-0.39, 0.29) is 42.1 Å². The molecule has 7 nitrogen and oxygen atoms in total. The van der Waals surface area contributed by atoms with Gasteiger partial charge in [0.25, 0.3) is 0 Å². The van der Waals surface area contributed by atoms with Crippen LogP contribution in [0.5, 0.6) is 0 Å². The zero-order chi connectivity index (χ0) is 20.5. The number of nitrogens with zero attached hydrogens (tertiary/aromatic N) is 5. The number of aryl methyl sites for hydroxylation is 2. The SMILES string of the molecule is CN=C(NCc1cn(C)nc1C(F)(F)F)NC1CCc2cn(C(C)C)nc2C1.I. The maximum atomic E-state index is 13.1. The van der Waals surface area contributed by atoms with E-state index in [4.69, 9.17) is 0 Å². The standard InChI is InChI=1S/C18H26F3N7.HI/c1-11(2)28-10-12-5-6-14(7-15(12)25-28)24-17(22-3)23-8-13-9-27(4)26-16(13)18(19,20)21;/h9-11,14H,5-8H2,1-4H3,(H2,22,23,24);1H. The molecule has 0 fully saturated rings. The Hall–Kier alpha value is -1.79. The van der Waals surface area contributed by atoms with Crippen LogP contribution in [0.15, 0.2) is 17.4 Å². The fourth-order valence-electron chi connectivity index (χ4n) is 3.37. The molecule has 0 radical (unpaired) electrons. The van der Waals surface area contributed by atoms with Crippen molar-refractivity contribution in [2.75, 3.05) is 7.05 Å². The second kappa shape index (κ2) is 9.35. The summed E-state index contributed by atoms with van der Waals surface area (Å²) in [6.07, 6.45) is 1.58. The molecule has 2 aromatic heterocycles. The van der Waals surface area contributed by atoms with Crippen molar-refractivity contribution in [2.45, 2.75) is 57.9 Å². The normalized spacial score (nSPS) is 17.1. The van der Waals surface area contributed by atoms with Gasteiger partial charge in [0, 0.05) is 57.1 Å². The van der Waals surface area contributed by atoms with E-state index in [0.29, 0.717) is 12.0 Å². The molecule has 1 atom stereocenters. The van der Waals surface area contributed by atoms with Crippen LogP contribution in [0.4, 0.5) is 13.2 Å². The van der Waals surface area contributed by atoms with Crippen LogP contribution in [0.1, 0.15) is 48.8 Å². The van der Waals surface area contributed by atoms with Crippen molar-refractivity contribution in [3.8, 4) is 0 Å². The minimum Gasteiger partial charge on any atom is -0.353 e. The van der Waals surface area contributed by atoms with Gasteiger partial charge in [-0.05, 0) is 32.3 Å². The maximum absolute atomic E-state index is 13.1. The monoisotopic (exact) mass is 525 g/mol. The molecular weight excluding hydrogens is 498 g/mol. The highest BCUT2D eigenvalue weighted by molar-refractivity contribution is 14.0. The van der Waals surface area contributed by atoms with E-state index in [9.17, 15) is 13.2 Å². The molecule has 0 amide bonds. The van der Waals surface area contributed by atoms with Crippen LogP contribution in [0.3, 0.4) is 0 Å². The Morgan fingerprint density at radius 3 is 2.66 bits per heavy atom. The molecular formula is C18H27F3IN7. The first-order chi connectivity index (χ1) is 13.2. The van der Waals surface area contributed by atoms with Crippen molar-refractivity contribution in [3.63, 3.8) is 0 Å². The van der Waals surface area contributed by atoms with Gasteiger partial charge in [0.2, 0.25) is 0 Å². The van der Waals surface area contributed by atoms with Gasteiger partial charge in [-0.15, -0.1) is 24.0 Å². The van der Waals surface area contributed by atoms with Crippen LogP contribution in [-0.2, 0) is 32.6 Å². The van der Waals surface area contributed by atoms with Crippen molar-refractivity contribution in [3.05, 3.63) is 34.9 Å². The molecule has 2 aromatic rings. The Kier molecular flexibility index (Phi) is 7.57. The van der Waals surface area contributed by atoms with E-state index in [1.807, 2.05) is 4.68 Å². The van der Waals surface area contributed by atoms with E-state index >= 15 is 0 Å². The second-order valence-electron chi connectivity index (χ2n) is 7.36. The first kappa shape index (κ1) is 23.5. The number of hydrogen-bond acceptors (Lipinski definition) is 3. The molecule has 0 aromatic carbocycles. The molecule has 1 aliphatic carbocycles. The Labute approximate surface area is 185 Å². The maximum Gasteiger partial charge on any atom is 0.435 e. The van der Waals surface area contributed by atoms with Gasteiger partial charge in [-0.25, -0.2) is 0 Å². The summed E-state index contributed by atoms with van der Waals surface area (Å²) in [4.78, 5) is 4.15. The zero-order valence-electron chi connectivity index (χ0n) is 16.9. The van der Waals surface area contributed by atoms with Gasteiger partial charge in [0.1, 0.15) is 0 Å². The molecule has 0 spiro atoms. The summed E-state index contributed by atoms with van der Waals surface area (Å²) < 4.78 is 42.4. The largest absolute Gasteiger partial charge is 0.435 e. The van der Waals surface area contributed by atoms with E-state index in [1.165, 1.54) is 23.5 Å². The molecule has 1 unspecified atom stereocenters. The summed E-state index contributed by atoms with van der Waals surface area (Å²) in [6, 6.07) is 0.443. The molecule has 29 heavy (non-hydrogen) atoms. The number of aliphatic imine (C=N–C) groups is 1. The summed E-state index contributed by atoms with van der Waals surface area (Å²) in [5.41, 5.74) is 1.54. The first-order valence-electron chi connectivity index (χ1n) is 9.31. The third-order valence-electron chi connectivity index (χ3n) is 4.81. The molecule has 3 rings (SSSR count). The molecule has 11 heteroatoms. The number of guanidine groups is 1. The topological polar surface area (TPSA) is 72.1 Å².